The monoisotopic (exact) mass is 405 g/mol. The summed E-state index contributed by atoms with van der Waals surface area (Å²) in [5.41, 5.74) is 2.03. The average Bonchev–Trinajstić information content (AvgIpc) is 3.19. The van der Waals surface area contributed by atoms with E-state index in [-0.39, 0.29) is 24.3 Å². The predicted molar refractivity (Wildman–Crippen MR) is 108 cm³/mol. The van der Waals surface area contributed by atoms with Crippen molar-refractivity contribution in [3.63, 3.8) is 0 Å². The Labute approximate surface area is 166 Å². The first-order valence-corrected chi connectivity index (χ1v) is 9.86. The quantitative estimate of drug-likeness (QED) is 0.604. The molecule has 0 radical (unpaired) electrons. The van der Waals surface area contributed by atoms with Crippen LogP contribution in [0.3, 0.4) is 0 Å². The van der Waals surface area contributed by atoms with E-state index in [1.54, 1.807) is 18.4 Å². The average molecular weight is 406 g/mol. The molecule has 8 heteroatoms. The summed E-state index contributed by atoms with van der Waals surface area (Å²) in [5.74, 6) is -0.587. The Morgan fingerprint density at radius 3 is 2.85 bits per heavy atom. The lowest BCUT2D eigenvalue weighted by Crippen LogP contribution is -2.12. The molecule has 0 bridgehead atoms. The number of esters is 1. The highest BCUT2D eigenvalue weighted by atomic mass is 35.5. The molecule has 0 saturated heterocycles. The maximum Gasteiger partial charge on any atom is 0.311 e. The number of hydrogen-bond acceptors (Lipinski definition) is 5. The Hall–Kier alpha value is -2.38. The van der Waals surface area contributed by atoms with Crippen LogP contribution in [0.15, 0.2) is 29.8 Å². The summed E-state index contributed by atoms with van der Waals surface area (Å²) in [6.45, 7) is 6.18. The molecular formula is C19H20ClN3O3S. The molecule has 3 rings (SSSR count). The second-order valence-corrected chi connectivity index (χ2v) is 7.58. The van der Waals surface area contributed by atoms with Crippen LogP contribution in [0.25, 0.3) is 10.9 Å². The molecule has 0 fully saturated rings. The zero-order valence-electron chi connectivity index (χ0n) is 15.3. The zero-order valence-corrected chi connectivity index (χ0v) is 16.9. The highest BCUT2D eigenvalue weighted by Crippen LogP contribution is 2.28. The van der Waals surface area contributed by atoms with Crippen molar-refractivity contribution < 1.29 is 14.3 Å². The zero-order chi connectivity index (χ0) is 19.6. The van der Waals surface area contributed by atoms with Gasteiger partial charge < -0.3 is 9.30 Å². The van der Waals surface area contributed by atoms with E-state index in [0.717, 1.165) is 10.9 Å². The number of nitrogens with zero attached hydrogens (tertiary/aromatic N) is 2. The molecule has 2 heterocycles. The number of ether oxygens (including phenoxy) is 1. The number of rotatable bonds is 6. The molecule has 3 aromatic rings. The van der Waals surface area contributed by atoms with Crippen molar-refractivity contribution in [2.45, 2.75) is 33.2 Å². The number of carbonyl (C=O) groups excluding carboxylic acids is 2. The van der Waals surface area contributed by atoms with Gasteiger partial charge in [0.05, 0.1) is 29.8 Å². The first kappa shape index (κ1) is 19.4. The van der Waals surface area contributed by atoms with Gasteiger partial charge in [0.25, 0.3) is 5.91 Å². The maximum atomic E-state index is 12.8. The number of halogens is 1. The van der Waals surface area contributed by atoms with E-state index in [1.165, 1.54) is 11.3 Å². The van der Waals surface area contributed by atoms with Gasteiger partial charge in [0.1, 0.15) is 0 Å². The van der Waals surface area contributed by atoms with Crippen molar-refractivity contribution in [3.8, 4) is 0 Å². The molecule has 1 N–H and O–H groups in total. The van der Waals surface area contributed by atoms with Crippen molar-refractivity contribution in [3.05, 3.63) is 46.1 Å². The SMILES string of the molecule is CCOC(=O)Cc1csc(NC(=O)c2cn(C(C)C)c3cc(Cl)ccc23)n1. The highest BCUT2D eigenvalue weighted by molar-refractivity contribution is 7.14. The molecule has 0 atom stereocenters. The van der Waals surface area contributed by atoms with Crippen LogP contribution in [0.2, 0.25) is 5.02 Å². The molecule has 2 aromatic heterocycles. The van der Waals surface area contributed by atoms with Gasteiger partial charge in [0, 0.05) is 28.0 Å². The van der Waals surface area contributed by atoms with Crippen LogP contribution >= 0.6 is 22.9 Å². The van der Waals surface area contributed by atoms with Crippen molar-refractivity contribution >= 4 is 50.8 Å². The number of thiazole rings is 1. The lowest BCUT2D eigenvalue weighted by molar-refractivity contribution is -0.142. The molecule has 0 aliphatic rings. The van der Waals surface area contributed by atoms with E-state index in [4.69, 9.17) is 16.3 Å². The molecule has 27 heavy (non-hydrogen) atoms. The Balaban J connectivity index is 1.83. The lowest BCUT2D eigenvalue weighted by Gasteiger charge is -2.08. The van der Waals surface area contributed by atoms with Crippen LogP contribution in [-0.2, 0) is 16.0 Å². The number of benzene rings is 1. The Morgan fingerprint density at radius 2 is 2.15 bits per heavy atom. The number of anilines is 1. The van der Waals surface area contributed by atoms with Crippen molar-refractivity contribution in [2.75, 3.05) is 11.9 Å². The van der Waals surface area contributed by atoms with Crippen LogP contribution in [0.5, 0.6) is 0 Å². The van der Waals surface area contributed by atoms with Crippen LogP contribution in [0.4, 0.5) is 5.13 Å². The van der Waals surface area contributed by atoms with Gasteiger partial charge in [-0.2, -0.15) is 0 Å². The molecule has 0 spiro atoms. The van der Waals surface area contributed by atoms with E-state index in [9.17, 15) is 9.59 Å². The summed E-state index contributed by atoms with van der Waals surface area (Å²) in [5, 5.41) is 6.45. The topological polar surface area (TPSA) is 73.2 Å². The fraction of sp³-hybridized carbons (Fsp3) is 0.316. The summed E-state index contributed by atoms with van der Waals surface area (Å²) >= 11 is 7.40. The van der Waals surface area contributed by atoms with E-state index in [2.05, 4.69) is 10.3 Å². The molecular weight excluding hydrogens is 386 g/mol. The number of fused-ring (bicyclic) bond motifs is 1. The molecule has 6 nitrogen and oxygen atoms in total. The van der Waals surface area contributed by atoms with Gasteiger partial charge in [0.15, 0.2) is 5.13 Å². The van der Waals surface area contributed by atoms with Gasteiger partial charge >= 0.3 is 5.97 Å². The first-order chi connectivity index (χ1) is 12.9. The Morgan fingerprint density at radius 1 is 1.37 bits per heavy atom. The van der Waals surface area contributed by atoms with Gasteiger partial charge in [-0.25, -0.2) is 4.98 Å². The summed E-state index contributed by atoms with van der Waals surface area (Å²) in [6.07, 6.45) is 1.92. The molecule has 1 aromatic carbocycles. The molecule has 142 valence electrons. The van der Waals surface area contributed by atoms with Crippen molar-refractivity contribution in [2.24, 2.45) is 0 Å². The highest BCUT2D eigenvalue weighted by Gasteiger charge is 2.18. The van der Waals surface area contributed by atoms with Crippen LogP contribution in [0.1, 0.15) is 42.9 Å². The first-order valence-electron chi connectivity index (χ1n) is 8.60. The fourth-order valence-corrected chi connectivity index (χ4v) is 3.67. The molecule has 0 aliphatic carbocycles. The second-order valence-electron chi connectivity index (χ2n) is 6.29. The van der Waals surface area contributed by atoms with Gasteiger partial charge in [-0.15, -0.1) is 11.3 Å². The standard InChI is InChI=1S/C19H20ClN3O3S/c1-4-26-17(24)8-13-10-27-19(21-13)22-18(25)15-9-23(11(2)3)16-7-12(20)5-6-14(15)16/h5-7,9-11H,4,8H2,1-3H3,(H,21,22,25). The summed E-state index contributed by atoms with van der Waals surface area (Å²) < 4.78 is 6.93. The number of aromatic nitrogens is 2. The Bertz CT molecular complexity index is 993. The van der Waals surface area contributed by atoms with Crippen molar-refractivity contribution in [1.29, 1.82) is 0 Å². The van der Waals surface area contributed by atoms with E-state index >= 15 is 0 Å². The molecule has 1 amide bonds. The number of carbonyl (C=O) groups is 2. The van der Waals surface area contributed by atoms with Gasteiger partial charge in [-0.3, -0.25) is 14.9 Å². The number of nitrogens with one attached hydrogen (secondary N) is 1. The smallest absolute Gasteiger partial charge is 0.311 e. The van der Waals surface area contributed by atoms with E-state index in [1.807, 2.05) is 36.7 Å². The minimum Gasteiger partial charge on any atom is -0.466 e. The van der Waals surface area contributed by atoms with Crippen LogP contribution < -0.4 is 5.32 Å². The molecule has 0 unspecified atom stereocenters. The summed E-state index contributed by atoms with van der Waals surface area (Å²) in [6, 6.07) is 5.66. The normalized spacial score (nSPS) is 11.1. The van der Waals surface area contributed by atoms with E-state index < -0.39 is 0 Å². The fourth-order valence-electron chi connectivity index (χ4n) is 2.80. The summed E-state index contributed by atoms with van der Waals surface area (Å²) in [7, 11) is 0. The van der Waals surface area contributed by atoms with Crippen LogP contribution in [-0.4, -0.2) is 28.0 Å². The Kier molecular flexibility index (Phi) is 5.82. The number of hydrogen-bond donors (Lipinski definition) is 1. The third-order valence-corrected chi connectivity index (χ3v) is 5.04. The van der Waals surface area contributed by atoms with Crippen LogP contribution in [0, 0.1) is 0 Å². The van der Waals surface area contributed by atoms with Gasteiger partial charge in [-0.05, 0) is 32.9 Å². The third-order valence-electron chi connectivity index (χ3n) is 4.00. The van der Waals surface area contributed by atoms with Gasteiger partial charge in [0.2, 0.25) is 0 Å². The minimum absolute atomic E-state index is 0.0887. The lowest BCUT2D eigenvalue weighted by atomic mass is 10.1. The minimum atomic E-state index is -0.336. The molecule has 0 saturated carbocycles. The predicted octanol–water partition coefficient (Wildman–Crippen LogP) is 4.69. The third kappa shape index (κ3) is 4.31. The summed E-state index contributed by atoms with van der Waals surface area (Å²) in [4.78, 5) is 28.6. The van der Waals surface area contributed by atoms with E-state index in [0.29, 0.717) is 28.0 Å². The van der Waals surface area contributed by atoms with Crippen molar-refractivity contribution in [1.82, 2.24) is 9.55 Å². The van der Waals surface area contributed by atoms with Gasteiger partial charge in [-0.1, -0.05) is 17.7 Å². The number of amides is 1. The second kappa shape index (κ2) is 8.10. The maximum absolute atomic E-state index is 12.8. The largest absolute Gasteiger partial charge is 0.466 e. The molecule has 0 aliphatic heterocycles.